The van der Waals surface area contributed by atoms with Crippen molar-refractivity contribution in [1.29, 1.82) is 0 Å². The molecule has 0 saturated carbocycles. The Morgan fingerprint density at radius 3 is 3.06 bits per heavy atom. The minimum absolute atomic E-state index is 0.00835. The predicted octanol–water partition coefficient (Wildman–Crippen LogP) is 0.862. The standard InChI is InChI=1S/C11H18N4O/c1-8-4-3-5-14-10(8)7-13-6-9(2)11(12)15-16/h3-5,9,13,16H,6-7H2,1-2H3,(H2,12,15). The molecule has 0 aliphatic heterocycles. The molecule has 1 heterocycles. The van der Waals surface area contributed by atoms with Crippen molar-refractivity contribution < 1.29 is 5.21 Å². The quantitative estimate of drug-likeness (QED) is 0.298. The van der Waals surface area contributed by atoms with Crippen LogP contribution in [0.5, 0.6) is 0 Å². The number of nitrogens with zero attached hydrogens (tertiary/aromatic N) is 2. The molecule has 1 aromatic rings. The first-order valence-corrected chi connectivity index (χ1v) is 5.23. The van der Waals surface area contributed by atoms with Gasteiger partial charge in [0.25, 0.3) is 0 Å². The molecular formula is C11H18N4O. The van der Waals surface area contributed by atoms with Crippen molar-refractivity contribution >= 4 is 5.84 Å². The molecule has 0 amide bonds. The molecule has 0 radical (unpaired) electrons. The summed E-state index contributed by atoms with van der Waals surface area (Å²) in [7, 11) is 0. The minimum atomic E-state index is 0.00835. The van der Waals surface area contributed by atoms with Crippen molar-refractivity contribution in [2.75, 3.05) is 6.54 Å². The summed E-state index contributed by atoms with van der Waals surface area (Å²) < 4.78 is 0. The van der Waals surface area contributed by atoms with E-state index in [-0.39, 0.29) is 11.8 Å². The van der Waals surface area contributed by atoms with Gasteiger partial charge in [-0.15, -0.1) is 0 Å². The number of nitrogens with two attached hydrogens (primary N) is 1. The summed E-state index contributed by atoms with van der Waals surface area (Å²) in [6.07, 6.45) is 1.77. The summed E-state index contributed by atoms with van der Waals surface area (Å²) in [5.74, 6) is 0.249. The number of nitrogens with one attached hydrogen (secondary N) is 1. The Kier molecular flexibility index (Phi) is 4.72. The number of hydrogen-bond donors (Lipinski definition) is 3. The van der Waals surface area contributed by atoms with Gasteiger partial charge in [0.2, 0.25) is 0 Å². The first kappa shape index (κ1) is 12.4. The van der Waals surface area contributed by atoms with E-state index in [2.05, 4.69) is 15.5 Å². The van der Waals surface area contributed by atoms with Crippen LogP contribution in [0.25, 0.3) is 0 Å². The first-order chi connectivity index (χ1) is 7.65. The number of hydrogen-bond acceptors (Lipinski definition) is 4. The second kappa shape index (κ2) is 6.07. The van der Waals surface area contributed by atoms with E-state index < -0.39 is 0 Å². The summed E-state index contributed by atoms with van der Waals surface area (Å²) >= 11 is 0. The molecule has 0 spiro atoms. The number of oxime groups is 1. The lowest BCUT2D eigenvalue weighted by atomic mass is 10.1. The lowest BCUT2D eigenvalue weighted by Crippen LogP contribution is -2.31. The second-order valence-electron chi connectivity index (χ2n) is 3.82. The molecule has 1 atom stereocenters. The zero-order valence-electron chi connectivity index (χ0n) is 9.64. The Morgan fingerprint density at radius 1 is 1.69 bits per heavy atom. The van der Waals surface area contributed by atoms with Crippen molar-refractivity contribution in [3.63, 3.8) is 0 Å². The minimum Gasteiger partial charge on any atom is -0.409 e. The second-order valence-corrected chi connectivity index (χ2v) is 3.82. The topological polar surface area (TPSA) is 83.5 Å². The monoisotopic (exact) mass is 222 g/mol. The van der Waals surface area contributed by atoms with Crippen molar-refractivity contribution in [3.8, 4) is 0 Å². The lowest BCUT2D eigenvalue weighted by Gasteiger charge is -2.11. The summed E-state index contributed by atoms with van der Waals surface area (Å²) in [4.78, 5) is 4.27. The van der Waals surface area contributed by atoms with E-state index in [0.717, 1.165) is 11.3 Å². The molecule has 5 heteroatoms. The molecule has 16 heavy (non-hydrogen) atoms. The van der Waals surface area contributed by atoms with E-state index in [1.165, 1.54) is 0 Å². The van der Waals surface area contributed by atoms with Crippen LogP contribution in [0.4, 0.5) is 0 Å². The molecule has 88 valence electrons. The van der Waals surface area contributed by atoms with Crippen LogP contribution in [-0.4, -0.2) is 22.6 Å². The van der Waals surface area contributed by atoms with Gasteiger partial charge in [0, 0.05) is 25.2 Å². The smallest absolute Gasteiger partial charge is 0.143 e. The van der Waals surface area contributed by atoms with Gasteiger partial charge in [-0.2, -0.15) is 0 Å². The van der Waals surface area contributed by atoms with Gasteiger partial charge in [-0.3, -0.25) is 4.98 Å². The number of rotatable bonds is 5. The number of pyridine rings is 1. The van der Waals surface area contributed by atoms with Crippen LogP contribution >= 0.6 is 0 Å². The molecule has 1 rings (SSSR count). The van der Waals surface area contributed by atoms with E-state index in [9.17, 15) is 0 Å². The highest BCUT2D eigenvalue weighted by Gasteiger charge is 2.07. The van der Waals surface area contributed by atoms with Gasteiger partial charge in [0.05, 0.1) is 5.69 Å². The Hall–Kier alpha value is -1.62. The summed E-state index contributed by atoms with van der Waals surface area (Å²) in [5.41, 5.74) is 7.65. The van der Waals surface area contributed by atoms with E-state index in [0.29, 0.717) is 13.1 Å². The van der Waals surface area contributed by atoms with Crippen molar-refractivity contribution in [2.24, 2.45) is 16.8 Å². The SMILES string of the molecule is Cc1cccnc1CNCC(C)C(N)=NO. The van der Waals surface area contributed by atoms with Crippen LogP contribution in [-0.2, 0) is 6.54 Å². The average molecular weight is 222 g/mol. The third-order valence-corrected chi connectivity index (χ3v) is 2.48. The Labute approximate surface area is 95.4 Å². The molecule has 0 aliphatic carbocycles. The molecule has 5 nitrogen and oxygen atoms in total. The van der Waals surface area contributed by atoms with Gasteiger partial charge in [-0.1, -0.05) is 18.1 Å². The molecule has 0 saturated heterocycles. The van der Waals surface area contributed by atoms with E-state index >= 15 is 0 Å². The van der Waals surface area contributed by atoms with Crippen LogP contribution in [0.15, 0.2) is 23.5 Å². The Morgan fingerprint density at radius 2 is 2.44 bits per heavy atom. The van der Waals surface area contributed by atoms with Crippen LogP contribution in [0, 0.1) is 12.8 Å². The van der Waals surface area contributed by atoms with Gasteiger partial charge in [-0.05, 0) is 18.6 Å². The third kappa shape index (κ3) is 3.51. The summed E-state index contributed by atoms with van der Waals surface area (Å²) in [5, 5.41) is 14.7. The highest BCUT2D eigenvalue weighted by atomic mass is 16.4. The molecule has 0 bridgehead atoms. The highest BCUT2D eigenvalue weighted by Crippen LogP contribution is 2.02. The number of amidine groups is 1. The van der Waals surface area contributed by atoms with Crippen molar-refractivity contribution in [1.82, 2.24) is 10.3 Å². The lowest BCUT2D eigenvalue weighted by molar-refractivity contribution is 0.314. The molecule has 1 unspecified atom stereocenters. The van der Waals surface area contributed by atoms with Gasteiger partial charge in [0.1, 0.15) is 5.84 Å². The van der Waals surface area contributed by atoms with E-state index in [4.69, 9.17) is 10.9 Å². The van der Waals surface area contributed by atoms with Gasteiger partial charge in [0.15, 0.2) is 0 Å². The molecular weight excluding hydrogens is 204 g/mol. The van der Waals surface area contributed by atoms with E-state index in [1.807, 2.05) is 26.0 Å². The zero-order chi connectivity index (χ0) is 12.0. The van der Waals surface area contributed by atoms with Gasteiger partial charge in [-0.25, -0.2) is 0 Å². The fourth-order valence-electron chi connectivity index (χ4n) is 1.31. The number of aryl methyl sites for hydroxylation is 1. The van der Waals surface area contributed by atoms with Crippen LogP contribution in [0.1, 0.15) is 18.2 Å². The highest BCUT2D eigenvalue weighted by molar-refractivity contribution is 5.82. The molecule has 0 fully saturated rings. The van der Waals surface area contributed by atoms with Gasteiger partial charge >= 0.3 is 0 Å². The zero-order valence-corrected chi connectivity index (χ0v) is 9.64. The maximum Gasteiger partial charge on any atom is 0.143 e. The average Bonchev–Trinajstić information content (AvgIpc) is 2.30. The van der Waals surface area contributed by atoms with Crippen molar-refractivity contribution in [2.45, 2.75) is 20.4 Å². The Balaban J connectivity index is 2.39. The third-order valence-electron chi connectivity index (χ3n) is 2.48. The van der Waals surface area contributed by atoms with Crippen LogP contribution in [0.2, 0.25) is 0 Å². The molecule has 4 N–H and O–H groups in total. The normalized spacial score (nSPS) is 13.8. The molecule has 0 aromatic carbocycles. The Bertz CT molecular complexity index is 365. The predicted molar refractivity (Wildman–Crippen MR) is 63.3 cm³/mol. The maximum atomic E-state index is 8.49. The van der Waals surface area contributed by atoms with Crippen LogP contribution < -0.4 is 11.1 Å². The maximum absolute atomic E-state index is 8.49. The van der Waals surface area contributed by atoms with Crippen molar-refractivity contribution in [3.05, 3.63) is 29.6 Å². The largest absolute Gasteiger partial charge is 0.409 e. The van der Waals surface area contributed by atoms with E-state index in [1.54, 1.807) is 6.20 Å². The summed E-state index contributed by atoms with van der Waals surface area (Å²) in [6, 6.07) is 3.94. The molecule has 1 aromatic heterocycles. The molecule has 0 aliphatic rings. The van der Waals surface area contributed by atoms with Gasteiger partial charge < -0.3 is 16.3 Å². The first-order valence-electron chi connectivity index (χ1n) is 5.23. The fraction of sp³-hybridized carbons (Fsp3) is 0.455. The fourth-order valence-corrected chi connectivity index (χ4v) is 1.31. The number of aromatic nitrogens is 1. The van der Waals surface area contributed by atoms with Crippen LogP contribution in [0.3, 0.4) is 0 Å². The summed E-state index contributed by atoms with van der Waals surface area (Å²) in [6.45, 7) is 5.27.